The molecule has 0 bridgehead atoms. The van der Waals surface area contributed by atoms with Gasteiger partial charge in [-0.1, -0.05) is 0 Å². The van der Waals surface area contributed by atoms with Crippen molar-refractivity contribution in [2.45, 2.75) is 25.0 Å². The number of halogens is 2. The lowest BCUT2D eigenvalue weighted by atomic mass is 10.3. The highest BCUT2D eigenvalue weighted by Gasteiger charge is 2.45. The number of carbonyl (C=O) groups excluding carboxylic acids is 3. The first-order chi connectivity index (χ1) is 8.97. The zero-order valence-corrected chi connectivity index (χ0v) is 11.1. The van der Waals surface area contributed by atoms with Crippen LogP contribution in [0, 0.1) is 0 Å². The number of Topliss-reactive ketones (excluding diaryl/α,β-unsaturated/α-hetero) is 1. The van der Waals surface area contributed by atoms with Crippen molar-refractivity contribution in [3.05, 3.63) is 0 Å². The normalized spacial score (nSPS) is 11.8. The molecule has 0 saturated carbocycles. The topological polar surface area (TPSA) is 124 Å². The number of esters is 2. The Morgan fingerprint density at radius 3 is 2.20 bits per heavy atom. The van der Waals surface area contributed by atoms with Gasteiger partial charge in [0, 0.05) is 13.3 Å². The SMILES string of the molecule is CC(=O)C(=O)OCCCC(=O)OCC(F)(F)S(=O)(=O)O. The second kappa shape index (κ2) is 7.24. The quantitative estimate of drug-likeness (QED) is 0.285. The molecule has 0 spiro atoms. The van der Waals surface area contributed by atoms with Crippen LogP contribution in [-0.4, -0.2) is 49.2 Å². The third kappa shape index (κ3) is 6.52. The van der Waals surface area contributed by atoms with Gasteiger partial charge < -0.3 is 9.47 Å². The number of hydrogen-bond acceptors (Lipinski definition) is 7. The molecule has 0 fully saturated rings. The first-order valence-electron chi connectivity index (χ1n) is 5.15. The molecular weight excluding hydrogens is 306 g/mol. The second-order valence-corrected chi connectivity index (χ2v) is 5.12. The molecule has 0 aromatic rings. The summed E-state index contributed by atoms with van der Waals surface area (Å²) in [6, 6.07) is 0. The molecule has 0 saturated heterocycles. The Hall–Kier alpha value is -1.62. The molecule has 0 aromatic carbocycles. The highest BCUT2D eigenvalue weighted by Crippen LogP contribution is 2.20. The molecule has 0 heterocycles. The van der Waals surface area contributed by atoms with Crippen molar-refractivity contribution in [3.8, 4) is 0 Å². The van der Waals surface area contributed by atoms with Crippen LogP contribution in [0.4, 0.5) is 8.78 Å². The van der Waals surface area contributed by atoms with Crippen LogP contribution in [0.5, 0.6) is 0 Å². The standard InChI is InChI=1S/C9H12F2O8S/c1-6(12)8(14)18-4-2-3-7(13)19-5-9(10,11)20(15,16)17/h2-5H2,1H3,(H,15,16,17). The maximum Gasteiger partial charge on any atom is 0.402 e. The maximum atomic E-state index is 12.7. The number of alkyl halides is 2. The fourth-order valence-electron chi connectivity index (χ4n) is 0.794. The van der Waals surface area contributed by atoms with Crippen molar-refractivity contribution in [2.75, 3.05) is 13.2 Å². The summed E-state index contributed by atoms with van der Waals surface area (Å²) in [5, 5.41) is -4.59. The van der Waals surface area contributed by atoms with E-state index in [-0.39, 0.29) is 13.0 Å². The van der Waals surface area contributed by atoms with Gasteiger partial charge in [0.25, 0.3) is 0 Å². The molecule has 8 nitrogen and oxygen atoms in total. The van der Waals surface area contributed by atoms with Crippen LogP contribution < -0.4 is 0 Å². The Morgan fingerprint density at radius 1 is 1.20 bits per heavy atom. The molecule has 11 heteroatoms. The Balaban J connectivity index is 3.97. The minimum absolute atomic E-state index is 0.102. The molecular formula is C9H12F2O8S. The summed E-state index contributed by atoms with van der Waals surface area (Å²) in [6.07, 6.45) is -0.540. The molecule has 0 aliphatic rings. The molecule has 0 radical (unpaired) electrons. The van der Waals surface area contributed by atoms with Gasteiger partial charge in [-0.05, 0) is 6.42 Å². The van der Waals surface area contributed by atoms with Gasteiger partial charge in [0.1, 0.15) is 0 Å². The Bertz CT molecular complexity index is 484. The molecule has 0 rings (SSSR count). The maximum absolute atomic E-state index is 12.7. The monoisotopic (exact) mass is 318 g/mol. The highest BCUT2D eigenvalue weighted by atomic mass is 32.2. The minimum atomic E-state index is -5.66. The summed E-state index contributed by atoms with van der Waals surface area (Å²) >= 11 is 0. The number of carbonyl (C=O) groups is 3. The molecule has 20 heavy (non-hydrogen) atoms. The molecule has 0 aliphatic heterocycles. The first-order valence-corrected chi connectivity index (χ1v) is 6.59. The predicted octanol–water partition coefficient (Wildman–Crippen LogP) is -0.0774. The van der Waals surface area contributed by atoms with Crippen molar-refractivity contribution in [2.24, 2.45) is 0 Å². The third-order valence-electron chi connectivity index (χ3n) is 1.82. The molecule has 0 amide bonds. The van der Waals surface area contributed by atoms with Gasteiger partial charge in [0.05, 0.1) is 6.61 Å². The fourth-order valence-corrected chi connectivity index (χ4v) is 1.00. The van der Waals surface area contributed by atoms with Crippen LogP contribution in [0.25, 0.3) is 0 Å². The Kier molecular flexibility index (Phi) is 6.65. The van der Waals surface area contributed by atoms with E-state index in [1.807, 2.05) is 0 Å². The van der Waals surface area contributed by atoms with E-state index < -0.39 is 46.1 Å². The fraction of sp³-hybridized carbons (Fsp3) is 0.667. The second-order valence-electron chi connectivity index (χ2n) is 3.57. The van der Waals surface area contributed by atoms with Crippen LogP contribution in [0.2, 0.25) is 0 Å². The number of rotatable bonds is 8. The van der Waals surface area contributed by atoms with Gasteiger partial charge in [-0.2, -0.15) is 17.2 Å². The smallest absolute Gasteiger partial charge is 0.402 e. The van der Waals surface area contributed by atoms with Gasteiger partial charge >= 0.3 is 27.3 Å². The van der Waals surface area contributed by atoms with Gasteiger partial charge in [0.15, 0.2) is 6.61 Å². The Labute approximate surface area is 112 Å². The Morgan fingerprint density at radius 2 is 1.75 bits per heavy atom. The van der Waals surface area contributed by atoms with Gasteiger partial charge in [-0.3, -0.25) is 14.1 Å². The lowest BCUT2D eigenvalue weighted by Crippen LogP contribution is -2.34. The summed E-state index contributed by atoms with van der Waals surface area (Å²) in [5.41, 5.74) is 0. The summed E-state index contributed by atoms with van der Waals surface area (Å²) in [4.78, 5) is 32.1. The van der Waals surface area contributed by atoms with Gasteiger partial charge in [0.2, 0.25) is 5.78 Å². The average molecular weight is 318 g/mol. The van der Waals surface area contributed by atoms with E-state index in [4.69, 9.17) is 4.55 Å². The predicted molar refractivity (Wildman–Crippen MR) is 58.3 cm³/mol. The highest BCUT2D eigenvalue weighted by molar-refractivity contribution is 7.86. The summed E-state index contributed by atoms with van der Waals surface area (Å²) < 4.78 is 62.1. The molecule has 1 N–H and O–H groups in total. The van der Waals surface area contributed by atoms with E-state index in [0.717, 1.165) is 6.92 Å². The minimum Gasteiger partial charge on any atom is -0.460 e. The van der Waals surface area contributed by atoms with Gasteiger partial charge in [-0.25, -0.2) is 4.79 Å². The summed E-state index contributed by atoms with van der Waals surface area (Å²) in [7, 11) is -5.66. The van der Waals surface area contributed by atoms with Crippen molar-refractivity contribution in [1.29, 1.82) is 0 Å². The lowest BCUT2D eigenvalue weighted by molar-refractivity contribution is -0.154. The molecule has 116 valence electrons. The van der Waals surface area contributed by atoms with Crippen LogP contribution in [0.3, 0.4) is 0 Å². The zero-order chi connectivity index (χ0) is 16.0. The van der Waals surface area contributed by atoms with E-state index in [1.165, 1.54) is 0 Å². The van der Waals surface area contributed by atoms with Crippen molar-refractivity contribution in [1.82, 2.24) is 0 Å². The van der Waals surface area contributed by atoms with Crippen LogP contribution in [-0.2, 0) is 34.0 Å². The average Bonchev–Trinajstić information content (AvgIpc) is 2.30. The summed E-state index contributed by atoms with van der Waals surface area (Å²) in [6.45, 7) is -1.14. The van der Waals surface area contributed by atoms with E-state index in [2.05, 4.69) is 9.47 Å². The van der Waals surface area contributed by atoms with Gasteiger partial charge in [-0.15, -0.1) is 0 Å². The molecule has 0 unspecified atom stereocenters. The zero-order valence-electron chi connectivity index (χ0n) is 10.3. The lowest BCUT2D eigenvalue weighted by Gasteiger charge is -2.12. The first kappa shape index (κ1) is 18.4. The number of ketones is 1. The number of ether oxygens (including phenoxy) is 2. The van der Waals surface area contributed by atoms with Crippen molar-refractivity contribution in [3.63, 3.8) is 0 Å². The van der Waals surface area contributed by atoms with E-state index in [9.17, 15) is 31.6 Å². The number of hydrogen-bond donors (Lipinski definition) is 1. The van der Waals surface area contributed by atoms with Crippen molar-refractivity contribution < 1.29 is 45.6 Å². The van der Waals surface area contributed by atoms with Crippen LogP contribution in [0.1, 0.15) is 19.8 Å². The largest absolute Gasteiger partial charge is 0.460 e. The van der Waals surface area contributed by atoms with Crippen LogP contribution >= 0.6 is 0 Å². The van der Waals surface area contributed by atoms with E-state index in [0.29, 0.717) is 0 Å². The van der Waals surface area contributed by atoms with E-state index >= 15 is 0 Å². The summed E-state index contributed by atoms with van der Waals surface area (Å²) in [5.74, 6) is -3.11. The van der Waals surface area contributed by atoms with Crippen LogP contribution in [0.15, 0.2) is 0 Å². The third-order valence-corrected chi connectivity index (χ3v) is 2.70. The van der Waals surface area contributed by atoms with Crippen molar-refractivity contribution >= 4 is 27.8 Å². The van der Waals surface area contributed by atoms with E-state index in [1.54, 1.807) is 0 Å². The molecule has 0 atom stereocenters. The molecule has 0 aromatic heterocycles. The molecule has 0 aliphatic carbocycles.